The highest BCUT2D eigenvalue weighted by Gasteiger charge is 2.05. The Morgan fingerprint density at radius 2 is 2.10 bits per heavy atom. The summed E-state index contributed by atoms with van der Waals surface area (Å²) in [4.78, 5) is 19.2. The Balaban J connectivity index is 1.65. The van der Waals surface area contributed by atoms with Crippen molar-refractivity contribution in [3.05, 3.63) is 46.3 Å². The average Bonchev–Trinajstić information content (AvgIpc) is 2.76. The van der Waals surface area contributed by atoms with Crippen molar-refractivity contribution in [2.24, 2.45) is 0 Å². The van der Waals surface area contributed by atoms with E-state index in [1.807, 2.05) is 18.2 Å². The van der Waals surface area contributed by atoms with Gasteiger partial charge in [0.15, 0.2) is 0 Å². The first-order valence-corrected chi connectivity index (χ1v) is 7.74. The summed E-state index contributed by atoms with van der Waals surface area (Å²) in [6, 6.07) is 7.41. The molecule has 2 aromatic rings. The third-order valence-corrected chi connectivity index (χ3v) is 3.99. The molecular weight excluding hydrogens is 262 g/mol. The highest BCUT2D eigenvalue weighted by Crippen LogP contribution is 2.19. The van der Waals surface area contributed by atoms with Crippen LogP contribution in [0.2, 0.25) is 0 Å². The fourth-order valence-corrected chi connectivity index (χ4v) is 2.82. The lowest BCUT2D eigenvalue weighted by Gasteiger charge is -2.08. The van der Waals surface area contributed by atoms with Crippen LogP contribution in [-0.4, -0.2) is 16.5 Å². The number of aromatic amines is 1. The molecule has 4 heteroatoms. The fourth-order valence-electron chi connectivity index (χ4n) is 2.82. The van der Waals surface area contributed by atoms with Gasteiger partial charge in [0, 0.05) is 6.54 Å². The van der Waals surface area contributed by atoms with Crippen LogP contribution in [0.25, 0.3) is 10.9 Å². The molecule has 0 saturated heterocycles. The maximum atomic E-state index is 12.0. The van der Waals surface area contributed by atoms with Crippen LogP contribution in [0.5, 0.6) is 0 Å². The van der Waals surface area contributed by atoms with Crippen molar-refractivity contribution in [3.8, 4) is 0 Å². The molecule has 1 aliphatic carbocycles. The molecular formula is C17H21N3O. The van der Waals surface area contributed by atoms with Crippen LogP contribution in [0, 0.1) is 0 Å². The summed E-state index contributed by atoms with van der Waals surface area (Å²) in [6.07, 6.45) is 9.78. The molecule has 0 atom stereocenters. The van der Waals surface area contributed by atoms with Gasteiger partial charge in [0.2, 0.25) is 5.95 Å². The van der Waals surface area contributed by atoms with Gasteiger partial charge in [-0.05, 0) is 44.2 Å². The van der Waals surface area contributed by atoms with Gasteiger partial charge in [0.1, 0.15) is 0 Å². The molecule has 21 heavy (non-hydrogen) atoms. The Labute approximate surface area is 124 Å². The van der Waals surface area contributed by atoms with E-state index in [0.717, 1.165) is 18.5 Å². The Hall–Kier alpha value is -2.10. The van der Waals surface area contributed by atoms with Crippen molar-refractivity contribution in [1.82, 2.24) is 9.97 Å². The van der Waals surface area contributed by atoms with Crippen LogP contribution < -0.4 is 10.9 Å². The standard InChI is InChI=1S/C17H21N3O/c21-16-14-9-5-6-10-15(14)19-17(20-16)18-12-11-13-7-3-1-2-4-8-13/h5-7,9-10H,1-4,8,11-12H2,(H2,18,19,20,21). The van der Waals surface area contributed by atoms with E-state index in [2.05, 4.69) is 21.4 Å². The van der Waals surface area contributed by atoms with E-state index in [-0.39, 0.29) is 5.56 Å². The van der Waals surface area contributed by atoms with Crippen LogP contribution in [0.4, 0.5) is 5.95 Å². The van der Waals surface area contributed by atoms with E-state index in [4.69, 9.17) is 0 Å². The zero-order valence-corrected chi connectivity index (χ0v) is 12.2. The quantitative estimate of drug-likeness (QED) is 0.843. The zero-order chi connectivity index (χ0) is 14.5. The van der Waals surface area contributed by atoms with Gasteiger partial charge in [0.05, 0.1) is 10.9 Å². The number of fused-ring (bicyclic) bond motifs is 1. The van der Waals surface area contributed by atoms with E-state index in [0.29, 0.717) is 11.3 Å². The molecule has 0 spiro atoms. The summed E-state index contributed by atoms with van der Waals surface area (Å²) in [5.74, 6) is 0.563. The fraction of sp³-hybridized carbons (Fsp3) is 0.412. The molecule has 0 saturated carbocycles. The number of hydrogen-bond acceptors (Lipinski definition) is 3. The number of nitrogens with zero attached hydrogens (tertiary/aromatic N) is 1. The minimum atomic E-state index is -0.0863. The predicted octanol–water partition coefficient (Wildman–Crippen LogP) is 3.62. The summed E-state index contributed by atoms with van der Waals surface area (Å²) in [6.45, 7) is 0.813. The number of rotatable bonds is 4. The Morgan fingerprint density at radius 1 is 1.19 bits per heavy atom. The number of benzene rings is 1. The molecule has 1 aromatic heterocycles. The van der Waals surface area contributed by atoms with Crippen molar-refractivity contribution in [2.75, 3.05) is 11.9 Å². The Bertz CT molecular complexity index is 702. The Morgan fingerprint density at radius 3 is 3.05 bits per heavy atom. The third-order valence-electron chi connectivity index (χ3n) is 3.99. The van der Waals surface area contributed by atoms with E-state index < -0.39 is 0 Å². The number of nitrogens with one attached hydrogen (secondary N) is 2. The maximum Gasteiger partial charge on any atom is 0.260 e. The first kappa shape index (κ1) is 13.9. The summed E-state index contributed by atoms with van der Waals surface area (Å²) < 4.78 is 0. The molecule has 0 radical (unpaired) electrons. The largest absolute Gasteiger partial charge is 0.355 e. The van der Waals surface area contributed by atoms with Gasteiger partial charge >= 0.3 is 0 Å². The van der Waals surface area contributed by atoms with Gasteiger partial charge in [-0.15, -0.1) is 0 Å². The lowest BCUT2D eigenvalue weighted by Crippen LogP contribution is -2.14. The molecule has 110 valence electrons. The highest BCUT2D eigenvalue weighted by atomic mass is 16.1. The number of anilines is 1. The second kappa shape index (κ2) is 6.57. The highest BCUT2D eigenvalue weighted by molar-refractivity contribution is 5.78. The zero-order valence-electron chi connectivity index (χ0n) is 12.2. The molecule has 1 aliphatic rings. The molecule has 2 N–H and O–H groups in total. The normalized spacial score (nSPS) is 15.5. The molecule has 3 rings (SSSR count). The second-order valence-electron chi connectivity index (χ2n) is 5.57. The molecule has 0 aliphatic heterocycles. The molecule has 0 unspecified atom stereocenters. The number of aromatic nitrogens is 2. The van der Waals surface area contributed by atoms with Gasteiger partial charge < -0.3 is 5.32 Å². The van der Waals surface area contributed by atoms with Crippen molar-refractivity contribution >= 4 is 16.9 Å². The van der Waals surface area contributed by atoms with Crippen molar-refractivity contribution in [1.29, 1.82) is 0 Å². The lowest BCUT2D eigenvalue weighted by molar-refractivity contribution is 0.703. The van der Waals surface area contributed by atoms with Crippen LogP contribution >= 0.6 is 0 Å². The van der Waals surface area contributed by atoms with Crippen molar-refractivity contribution in [2.45, 2.75) is 38.5 Å². The van der Waals surface area contributed by atoms with E-state index >= 15 is 0 Å². The molecule has 1 heterocycles. The monoisotopic (exact) mass is 283 g/mol. The number of H-pyrrole nitrogens is 1. The second-order valence-corrected chi connectivity index (χ2v) is 5.57. The lowest BCUT2D eigenvalue weighted by atomic mass is 10.1. The van der Waals surface area contributed by atoms with Gasteiger partial charge in [-0.3, -0.25) is 9.78 Å². The third kappa shape index (κ3) is 3.51. The Kier molecular flexibility index (Phi) is 4.34. The van der Waals surface area contributed by atoms with Crippen molar-refractivity contribution in [3.63, 3.8) is 0 Å². The van der Waals surface area contributed by atoms with Crippen LogP contribution in [0.3, 0.4) is 0 Å². The summed E-state index contributed by atoms with van der Waals surface area (Å²) >= 11 is 0. The van der Waals surface area contributed by atoms with E-state index in [1.165, 1.54) is 37.7 Å². The topological polar surface area (TPSA) is 57.8 Å². The van der Waals surface area contributed by atoms with E-state index in [1.54, 1.807) is 6.07 Å². The maximum absolute atomic E-state index is 12.0. The van der Waals surface area contributed by atoms with Gasteiger partial charge in [-0.2, -0.15) is 0 Å². The summed E-state index contributed by atoms with van der Waals surface area (Å²) in [7, 11) is 0. The van der Waals surface area contributed by atoms with Crippen LogP contribution in [0.15, 0.2) is 40.7 Å². The minimum Gasteiger partial charge on any atom is -0.355 e. The SMILES string of the molecule is O=c1[nH]c(NCCC2=CCCCCC2)nc2ccccc12. The van der Waals surface area contributed by atoms with Gasteiger partial charge in [-0.25, -0.2) is 4.98 Å². The molecule has 4 nitrogen and oxygen atoms in total. The van der Waals surface area contributed by atoms with Gasteiger partial charge in [0.25, 0.3) is 5.56 Å². The molecule has 1 aromatic carbocycles. The predicted molar refractivity (Wildman–Crippen MR) is 86.6 cm³/mol. The van der Waals surface area contributed by atoms with Crippen molar-refractivity contribution < 1.29 is 0 Å². The first-order valence-electron chi connectivity index (χ1n) is 7.74. The van der Waals surface area contributed by atoms with Crippen LogP contribution in [0.1, 0.15) is 38.5 Å². The number of allylic oxidation sites excluding steroid dienone is 1. The number of hydrogen-bond donors (Lipinski definition) is 2. The molecule has 0 bridgehead atoms. The first-order chi connectivity index (χ1) is 10.3. The molecule has 0 fully saturated rings. The minimum absolute atomic E-state index is 0.0863. The van der Waals surface area contributed by atoms with Gasteiger partial charge in [-0.1, -0.05) is 30.2 Å². The summed E-state index contributed by atoms with van der Waals surface area (Å²) in [5.41, 5.74) is 2.18. The molecule has 0 amide bonds. The average molecular weight is 283 g/mol. The smallest absolute Gasteiger partial charge is 0.260 e. The summed E-state index contributed by atoms with van der Waals surface area (Å²) in [5, 5.41) is 3.87. The number of para-hydroxylation sites is 1. The van der Waals surface area contributed by atoms with E-state index in [9.17, 15) is 4.79 Å². The van der Waals surface area contributed by atoms with Crippen LogP contribution in [-0.2, 0) is 0 Å².